The van der Waals surface area contributed by atoms with Crippen molar-refractivity contribution in [1.29, 1.82) is 0 Å². The number of phosphoric acid groups is 2. The third-order valence-corrected chi connectivity index (χ3v) is 11.4. The second kappa shape index (κ2) is 19.2. The van der Waals surface area contributed by atoms with Crippen molar-refractivity contribution in [2.24, 2.45) is 0 Å². The largest absolute Gasteiger partial charge is 0.472 e. The average molecular weight is 914 g/mol. The molecule has 2 fully saturated rings. The van der Waals surface area contributed by atoms with Gasteiger partial charge in [-0.25, -0.2) is 33.7 Å². The summed E-state index contributed by atoms with van der Waals surface area (Å²) >= 11 is 6.21. The molecule has 61 heavy (non-hydrogen) atoms. The molecule has 8 N–H and O–H groups in total. The summed E-state index contributed by atoms with van der Waals surface area (Å²) in [6, 6.07) is 6.58. The second-order valence-electron chi connectivity index (χ2n) is 13.8. The maximum absolute atomic E-state index is 14.2. The number of likely N-dealkylation sites (N-methyl/N-ethyl adjacent to an activating group) is 1. The lowest BCUT2D eigenvalue weighted by molar-refractivity contribution is -0.165. The van der Waals surface area contributed by atoms with Gasteiger partial charge in [-0.1, -0.05) is 29.8 Å². The Balaban J connectivity index is 1.26. The summed E-state index contributed by atoms with van der Waals surface area (Å²) in [6.45, 7) is 1.89. The van der Waals surface area contributed by atoms with Crippen molar-refractivity contribution in [1.82, 2.24) is 34.0 Å². The number of hydrogen-bond donors (Lipinski definition) is 6. The highest BCUT2D eigenvalue weighted by Crippen LogP contribution is 2.50. The molecule has 1 aromatic carbocycles. The van der Waals surface area contributed by atoms with E-state index in [0.717, 1.165) is 10.9 Å². The minimum absolute atomic E-state index is 0.00523. The Morgan fingerprint density at radius 3 is 2.56 bits per heavy atom. The number of carbonyl (C=O) groups excluding carboxylic acids is 2. The van der Waals surface area contributed by atoms with Crippen molar-refractivity contribution in [2.75, 3.05) is 31.7 Å². The zero-order valence-electron chi connectivity index (χ0n) is 32.1. The van der Waals surface area contributed by atoms with E-state index in [9.17, 15) is 43.3 Å². The standard InChI is InChI=1S/C34H42ClN9O15P2/c1-3-4-8-25(45)42(2)20(12-18-6-5-7-19(35)11-18)33(47)58-29-23(57-32(28(29)46)44-17-40-27-30(37)38-16-39-31(27)44)15-55-61(52,53)59-21-13-26(43-10-9-24(36)41-34(43)48)56-22(21)14-54-60(49,50)51/h3,5-7,9-11,16-17,20-23,26,28-29,32,46H,1,4,8,12-15H2,2H3,(H,52,53)(H2,36,41,48)(H2,37,38,39)(H2,49,50,51)/t20?,21-,22+,23-,26+,28+,29+,32+/m0/s1. The van der Waals surface area contributed by atoms with Crippen LogP contribution in [0.15, 0.2) is 66.6 Å². The number of carbonyl (C=O) groups is 2. The van der Waals surface area contributed by atoms with Gasteiger partial charge in [-0.3, -0.25) is 27.5 Å². The number of nitrogens with two attached hydrogens (primary N) is 2. The molecule has 9 atom stereocenters. The molecule has 6 rings (SSSR count). The Labute approximate surface area is 350 Å². The van der Waals surface area contributed by atoms with Crippen molar-refractivity contribution >= 4 is 61.9 Å². The smallest absolute Gasteiger partial charge is 0.455 e. The SMILES string of the molecule is C=CCCC(=O)N(C)C(Cc1cccc(Cl)c1)C(=O)O[C@H]1[C@@H](O)[C@H](n2cnc3c(N)ncnc32)O[C@H]1COP(=O)(O)O[C@H]1C[C@H](n2ccc(N)nc2=O)O[C@@H]1COP(=O)(O)O. The molecule has 0 radical (unpaired) electrons. The monoisotopic (exact) mass is 913 g/mol. The summed E-state index contributed by atoms with van der Waals surface area (Å²) in [5.41, 5.74) is 11.5. The summed E-state index contributed by atoms with van der Waals surface area (Å²) in [5, 5.41) is 12.1. The first-order chi connectivity index (χ1) is 28.8. The summed E-state index contributed by atoms with van der Waals surface area (Å²) in [4.78, 5) is 86.6. The molecular weight excluding hydrogens is 872 g/mol. The van der Waals surface area contributed by atoms with Crippen molar-refractivity contribution in [3.8, 4) is 0 Å². The Morgan fingerprint density at radius 1 is 1.10 bits per heavy atom. The number of hydrogen-bond acceptors (Lipinski definition) is 18. The number of benzene rings is 1. The van der Waals surface area contributed by atoms with Crippen LogP contribution < -0.4 is 17.2 Å². The van der Waals surface area contributed by atoms with E-state index in [2.05, 4.69) is 31.0 Å². The molecule has 0 bridgehead atoms. The highest BCUT2D eigenvalue weighted by atomic mass is 35.5. The van der Waals surface area contributed by atoms with Crippen molar-refractivity contribution in [3.63, 3.8) is 0 Å². The third kappa shape index (κ3) is 11.2. The molecule has 0 aliphatic carbocycles. The molecule has 0 spiro atoms. The Bertz CT molecular complexity index is 2400. The van der Waals surface area contributed by atoms with Gasteiger partial charge >= 0.3 is 27.3 Å². The fourth-order valence-electron chi connectivity index (χ4n) is 6.66. The molecule has 5 heterocycles. The van der Waals surface area contributed by atoms with Crippen LogP contribution in [-0.4, -0.2) is 122 Å². The molecule has 2 aliphatic heterocycles. The fraction of sp³-hybridized carbons (Fsp3) is 0.441. The Kier molecular flexibility index (Phi) is 14.4. The number of aromatic nitrogens is 6. The lowest BCUT2D eigenvalue weighted by Crippen LogP contribution is -2.48. The lowest BCUT2D eigenvalue weighted by atomic mass is 10.0. The van der Waals surface area contributed by atoms with Gasteiger partial charge in [0, 0.05) is 37.5 Å². The van der Waals surface area contributed by atoms with E-state index in [4.69, 9.17) is 46.3 Å². The summed E-state index contributed by atoms with van der Waals surface area (Å²) in [7, 11) is -8.90. The predicted octanol–water partition coefficient (Wildman–Crippen LogP) is 1.01. The zero-order valence-corrected chi connectivity index (χ0v) is 34.6. The molecule has 4 aromatic rings. The lowest BCUT2D eigenvalue weighted by Gasteiger charge is -2.30. The van der Waals surface area contributed by atoms with Gasteiger partial charge in [0.2, 0.25) is 5.91 Å². The van der Waals surface area contributed by atoms with Crippen LogP contribution in [0.2, 0.25) is 5.02 Å². The first-order valence-electron chi connectivity index (χ1n) is 18.3. The number of esters is 1. The second-order valence-corrected chi connectivity index (χ2v) is 16.9. The van der Waals surface area contributed by atoms with Crippen LogP contribution in [0.3, 0.4) is 0 Å². The number of amides is 1. The van der Waals surface area contributed by atoms with Crippen LogP contribution >= 0.6 is 27.2 Å². The van der Waals surface area contributed by atoms with Crippen molar-refractivity contribution in [2.45, 2.75) is 74.7 Å². The van der Waals surface area contributed by atoms with E-state index < -0.39 is 95.4 Å². The number of allylic oxidation sites excluding steroid dienone is 1. The molecule has 330 valence electrons. The molecule has 2 aliphatic rings. The number of ether oxygens (including phenoxy) is 3. The summed E-state index contributed by atoms with van der Waals surface area (Å²) in [5.74, 6) is -1.52. The molecule has 3 aromatic heterocycles. The van der Waals surface area contributed by atoms with Crippen molar-refractivity contribution < 1.29 is 66.3 Å². The number of anilines is 2. The van der Waals surface area contributed by atoms with E-state index in [1.54, 1.807) is 30.3 Å². The number of aliphatic hydroxyl groups excluding tert-OH is 1. The fourth-order valence-corrected chi connectivity index (χ4v) is 8.17. The quantitative estimate of drug-likeness (QED) is 0.0461. The Morgan fingerprint density at radius 2 is 1.85 bits per heavy atom. The highest BCUT2D eigenvalue weighted by Gasteiger charge is 2.50. The van der Waals surface area contributed by atoms with E-state index in [1.807, 2.05) is 0 Å². The molecule has 2 saturated heterocycles. The van der Waals surface area contributed by atoms with E-state index in [1.165, 1.54) is 35.1 Å². The van der Waals surface area contributed by atoms with Gasteiger partial charge in [-0.05, 0) is 30.2 Å². The predicted molar refractivity (Wildman–Crippen MR) is 211 cm³/mol. The van der Waals surface area contributed by atoms with Crippen LogP contribution in [-0.2, 0) is 52.9 Å². The van der Waals surface area contributed by atoms with Gasteiger partial charge in [0.25, 0.3) is 0 Å². The number of imidazole rings is 1. The summed E-state index contributed by atoms with van der Waals surface area (Å²) in [6.07, 6.45) is -5.42. The number of nitrogen functional groups attached to an aromatic ring is 2. The molecule has 2 unspecified atom stereocenters. The van der Waals surface area contributed by atoms with E-state index >= 15 is 0 Å². The zero-order chi connectivity index (χ0) is 44.2. The number of phosphoric ester groups is 2. The van der Waals surface area contributed by atoms with Crippen LogP contribution in [0.1, 0.15) is 37.3 Å². The van der Waals surface area contributed by atoms with Gasteiger partial charge in [-0.2, -0.15) is 4.98 Å². The molecule has 0 saturated carbocycles. The topological polar surface area (TPSA) is 338 Å². The van der Waals surface area contributed by atoms with Gasteiger partial charge in [0.05, 0.1) is 19.5 Å². The number of nitrogens with zero attached hydrogens (tertiary/aromatic N) is 7. The van der Waals surface area contributed by atoms with Crippen LogP contribution in [0.25, 0.3) is 11.2 Å². The normalized spacial score (nSPS) is 24.3. The van der Waals surface area contributed by atoms with Crippen molar-refractivity contribution in [3.05, 3.63) is 82.9 Å². The van der Waals surface area contributed by atoms with Crippen LogP contribution in [0, 0.1) is 0 Å². The minimum atomic E-state index is -5.23. The number of halogens is 1. The van der Waals surface area contributed by atoms with Gasteiger partial charge in [0.1, 0.15) is 54.3 Å². The molecule has 1 amide bonds. The van der Waals surface area contributed by atoms with E-state index in [-0.39, 0.29) is 42.1 Å². The maximum Gasteiger partial charge on any atom is 0.472 e. The average Bonchev–Trinajstić information content (AvgIpc) is 3.89. The number of fused-ring (bicyclic) bond motifs is 1. The highest BCUT2D eigenvalue weighted by molar-refractivity contribution is 7.47. The van der Waals surface area contributed by atoms with Crippen LogP contribution in [0.4, 0.5) is 11.6 Å². The van der Waals surface area contributed by atoms with Gasteiger partial charge < -0.3 is 50.4 Å². The van der Waals surface area contributed by atoms with Crippen LogP contribution in [0.5, 0.6) is 0 Å². The number of rotatable bonds is 18. The third-order valence-electron chi connectivity index (χ3n) is 9.66. The first kappa shape index (κ1) is 45.8. The maximum atomic E-state index is 14.2. The minimum Gasteiger partial charge on any atom is -0.455 e. The first-order valence-corrected chi connectivity index (χ1v) is 21.7. The molecule has 24 nitrogen and oxygen atoms in total. The summed E-state index contributed by atoms with van der Waals surface area (Å²) < 4.78 is 60.4. The molecular formula is C34H42ClN9O15P2. The number of aliphatic hydroxyl groups is 1. The van der Waals surface area contributed by atoms with Gasteiger partial charge in [0.15, 0.2) is 23.8 Å². The van der Waals surface area contributed by atoms with E-state index in [0.29, 0.717) is 17.0 Å². The Hall–Kier alpha value is -4.68. The molecule has 27 heteroatoms. The van der Waals surface area contributed by atoms with Gasteiger partial charge in [-0.15, -0.1) is 6.58 Å².